The maximum Gasteiger partial charge on any atom is 0.287 e. The van der Waals surface area contributed by atoms with E-state index >= 15 is 0 Å². The van der Waals surface area contributed by atoms with Crippen molar-refractivity contribution in [3.8, 4) is 0 Å². The third-order valence-electron chi connectivity index (χ3n) is 2.51. The highest BCUT2D eigenvalue weighted by Crippen LogP contribution is 2.09. The summed E-state index contributed by atoms with van der Waals surface area (Å²) in [6.45, 7) is 0.423. The number of ketones is 1. The molecule has 2 heterocycles. The van der Waals surface area contributed by atoms with Crippen LogP contribution in [0, 0.1) is 0 Å². The number of amides is 1. The van der Waals surface area contributed by atoms with Crippen molar-refractivity contribution >= 4 is 34.4 Å². The Morgan fingerprint density at radius 1 is 1.06 bits per heavy atom. The molecule has 0 aromatic carbocycles. The molecular weight excluding hydrogens is 266 g/mol. The molecule has 3 nitrogen and oxygen atoms in total. The first kappa shape index (κ1) is 13.0. The maximum atomic E-state index is 11.6. The highest BCUT2D eigenvalue weighted by Gasteiger charge is 2.13. The van der Waals surface area contributed by atoms with Gasteiger partial charge in [0.25, 0.3) is 5.91 Å². The second kappa shape index (κ2) is 6.47. The zero-order chi connectivity index (χ0) is 12.8. The molecule has 0 aliphatic rings. The van der Waals surface area contributed by atoms with Crippen LogP contribution in [0.5, 0.6) is 0 Å². The number of thiophene rings is 2. The van der Waals surface area contributed by atoms with Gasteiger partial charge >= 0.3 is 0 Å². The summed E-state index contributed by atoms with van der Waals surface area (Å²) in [5.41, 5.74) is 2.14. The molecule has 18 heavy (non-hydrogen) atoms. The molecule has 0 aliphatic heterocycles. The van der Waals surface area contributed by atoms with Crippen molar-refractivity contribution in [3.63, 3.8) is 0 Å². The van der Waals surface area contributed by atoms with Crippen LogP contribution in [0.4, 0.5) is 0 Å². The fraction of sp³-hybridized carbons (Fsp3) is 0.231. The van der Waals surface area contributed by atoms with Crippen LogP contribution < -0.4 is 5.32 Å². The summed E-state index contributed by atoms with van der Waals surface area (Å²) >= 11 is 3.17. The lowest BCUT2D eigenvalue weighted by molar-refractivity contribution is -0.138. The molecule has 0 saturated carbocycles. The zero-order valence-electron chi connectivity index (χ0n) is 9.72. The Labute approximate surface area is 113 Å². The van der Waals surface area contributed by atoms with Gasteiger partial charge < -0.3 is 5.32 Å². The first-order chi connectivity index (χ1) is 8.75. The Morgan fingerprint density at radius 2 is 1.72 bits per heavy atom. The van der Waals surface area contributed by atoms with Gasteiger partial charge in [-0.25, -0.2) is 0 Å². The van der Waals surface area contributed by atoms with Crippen molar-refractivity contribution in [2.24, 2.45) is 0 Å². The minimum absolute atomic E-state index is 0.270. The molecule has 0 saturated heterocycles. The summed E-state index contributed by atoms with van der Waals surface area (Å²) in [6, 6.07) is 3.90. The van der Waals surface area contributed by atoms with E-state index in [4.69, 9.17) is 0 Å². The van der Waals surface area contributed by atoms with E-state index in [0.29, 0.717) is 13.0 Å². The molecule has 0 radical (unpaired) electrons. The average molecular weight is 279 g/mol. The highest BCUT2D eigenvalue weighted by molar-refractivity contribution is 7.08. The predicted octanol–water partition coefficient (Wildman–Crippen LogP) is 2.63. The van der Waals surface area contributed by atoms with Gasteiger partial charge in [-0.05, 0) is 51.2 Å². The van der Waals surface area contributed by atoms with Crippen LogP contribution in [-0.2, 0) is 22.6 Å². The standard InChI is InChI=1S/C13H13NO2S2/c15-12(2-1-10-3-5-17-8-10)13(16)14-7-11-4-6-18-9-11/h3-6,8-9H,1-2,7H2,(H,14,16). The van der Waals surface area contributed by atoms with E-state index in [0.717, 1.165) is 11.1 Å². The smallest absolute Gasteiger partial charge is 0.287 e. The minimum Gasteiger partial charge on any atom is -0.345 e. The highest BCUT2D eigenvalue weighted by atomic mass is 32.1. The molecule has 94 valence electrons. The van der Waals surface area contributed by atoms with E-state index in [1.54, 1.807) is 22.7 Å². The van der Waals surface area contributed by atoms with E-state index in [9.17, 15) is 9.59 Å². The molecule has 0 unspecified atom stereocenters. The Balaban J connectivity index is 1.73. The van der Waals surface area contributed by atoms with Gasteiger partial charge in [-0.15, -0.1) is 0 Å². The summed E-state index contributed by atoms with van der Waals surface area (Å²) in [4.78, 5) is 23.1. The normalized spacial score (nSPS) is 10.2. The lowest BCUT2D eigenvalue weighted by Gasteiger charge is -2.02. The van der Waals surface area contributed by atoms with Crippen LogP contribution in [0.3, 0.4) is 0 Å². The number of Topliss-reactive ketones (excluding diaryl/α,β-unsaturated/α-hetero) is 1. The van der Waals surface area contributed by atoms with Gasteiger partial charge in [-0.3, -0.25) is 9.59 Å². The SMILES string of the molecule is O=C(CCc1ccsc1)C(=O)NCc1ccsc1. The molecule has 2 aromatic heterocycles. The fourth-order valence-corrected chi connectivity index (χ4v) is 2.85. The van der Waals surface area contributed by atoms with Crippen LogP contribution in [0.15, 0.2) is 33.7 Å². The zero-order valence-corrected chi connectivity index (χ0v) is 11.4. The summed E-state index contributed by atoms with van der Waals surface area (Å²) in [6.07, 6.45) is 0.903. The Hall–Kier alpha value is -1.46. The number of aryl methyl sites for hydroxylation is 1. The molecule has 0 fully saturated rings. The first-order valence-electron chi connectivity index (χ1n) is 5.59. The minimum atomic E-state index is -0.489. The van der Waals surface area contributed by atoms with Crippen molar-refractivity contribution in [3.05, 3.63) is 44.8 Å². The number of hydrogen-bond donors (Lipinski definition) is 1. The van der Waals surface area contributed by atoms with Crippen molar-refractivity contribution in [1.82, 2.24) is 5.32 Å². The molecule has 0 atom stereocenters. The van der Waals surface area contributed by atoms with Gasteiger partial charge in [0, 0.05) is 13.0 Å². The summed E-state index contributed by atoms with van der Waals surface area (Å²) in [5.74, 6) is -0.840. The average Bonchev–Trinajstić information content (AvgIpc) is 3.05. The Kier molecular flexibility index (Phi) is 4.66. The van der Waals surface area contributed by atoms with Crippen LogP contribution in [0.25, 0.3) is 0 Å². The second-order valence-corrected chi connectivity index (χ2v) is 5.43. The molecule has 2 aromatic rings. The molecule has 0 bridgehead atoms. The van der Waals surface area contributed by atoms with Crippen LogP contribution >= 0.6 is 22.7 Å². The summed E-state index contributed by atoms with van der Waals surface area (Å²) in [7, 11) is 0. The lowest BCUT2D eigenvalue weighted by Crippen LogP contribution is -2.30. The third-order valence-corrected chi connectivity index (χ3v) is 3.97. The van der Waals surface area contributed by atoms with Gasteiger partial charge in [-0.2, -0.15) is 22.7 Å². The second-order valence-electron chi connectivity index (χ2n) is 3.87. The first-order valence-corrected chi connectivity index (χ1v) is 7.47. The van der Waals surface area contributed by atoms with E-state index in [1.165, 1.54) is 0 Å². The predicted molar refractivity (Wildman–Crippen MR) is 73.8 cm³/mol. The lowest BCUT2D eigenvalue weighted by atomic mass is 10.1. The molecule has 1 N–H and O–H groups in total. The van der Waals surface area contributed by atoms with Crippen LogP contribution in [0.1, 0.15) is 17.5 Å². The van der Waals surface area contributed by atoms with Crippen molar-refractivity contribution in [2.75, 3.05) is 0 Å². The van der Waals surface area contributed by atoms with Gasteiger partial charge in [0.05, 0.1) is 0 Å². The van der Waals surface area contributed by atoms with Gasteiger partial charge in [-0.1, -0.05) is 0 Å². The van der Waals surface area contributed by atoms with Crippen molar-refractivity contribution in [2.45, 2.75) is 19.4 Å². The molecular formula is C13H13NO2S2. The summed E-state index contributed by atoms with van der Waals surface area (Å²) in [5, 5.41) is 10.5. The molecule has 0 spiro atoms. The van der Waals surface area contributed by atoms with Crippen molar-refractivity contribution in [1.29, 1.82) is 0 Å². The third kappa shape index (κ3) is 3.78. The quantitative estimate of drug-likeness (QED) is 0.826. The van der Waals surface area contributed by atoms with Gasteiger partial charge in [0.1, 0.15) is 0 Å². The van der Waals surface area contributed by atoms with E-state index in [1.807, 2.05) is 33.7 Å². The van der Waals surface area contributed by atoms with Crippen LogP contribution in [-0.4, -0.2) is 11.7 Å². The summed E-state index contributed by atoms with van der Waals surface area (Å²) < 4.78 is 0. The fourth-order valence-electron chi connectivity index (χ4n) is 1.48. The molecule has 0 aliphatic carbocycles. The number of carbonyl (C=O) groups excluding carboxylic acids is 2. The number of rotatable bonds is 6. The van der Waals surface area contributed by atoms with Crippen molar-refractivity contribution < 1.29 is 9.59 Å². The van der Waals surface area contributed by atoms with Gasteiger partial charge in [0.15, 0.2) is 0 Å². The van der Waals surface area contributed by atoms with E-state index < -0.39 is 5.91 Å². The topological polar surface area (TPSA) is 46.2 Å². The molecule has 1 amide bonds. The Morgan fingerprint density at radius 3 is 2.33 bits per heavy atom. The van der Waals surface area contributed by atoms with Gasteiger partial charge in [0.2, 0.25) is 5.78 Å². The van der Waals surface area contributed by atoms with E-state index in [2.05, 4.69) is 5.32 Å². The number of carbonyl (C=O) groups is 2. The molecule has 2 rings (SSSR count). The monoisotopic (exact) mass is 279 g/mol. The largest absolute Gasteiger partial charge is 0.345 e. The Bertz CT molecular complexity index is 455. The number of hydrogen-bond acceptors (Lipinski definition) is 4. The van der Waals surface area contributed by atoms with Crippen LogP contribution in [0.2, 0.25) is 0 Å². The van der Waals surface area contributed by atoms with E-state index in [-0.39, 0.29) is 12.2 Å². The number of nitrogens with one attached hydrogen (secondary N) is 1. The maximum absolute atomic E-state index is 11.6. The molecule has 5 heteroatoms.